The second-order valence-corrected chi connectivity index (χ2v) is 15.5. The summed E-state index contributed by atoms with van der Waals surface area (Å²) in [4.78, 5) is 13.1. The average molecular weight is 496 g/mol. The van der Waals surface area contributed by atoms with E-state index in [0.717, 1.165) is 15.6 Å². The fourth-order valence-electron chi connectivity index (χ4n) is 4.53. The Labute approximate surface area is 190 Å². The molecule has 0 atom stereocenters. The lowest BCUT2D eigenvalue weighted by atomic mass is 9.97. The number of hydrogen-bond acceptors (Lipinski definition) is 2. The van der Waals surface area contributed by atoms with Crippen molar-refractivity contribution in [3.63, 3.8) is 0 Å². The van der Waals surface area contributed by atoms with Crippen LogP contribution in [0, 0.1) is 6.92 Å². The quantitative estimate of drug-likeness (QED) is 0.272. The van der Waals surface area contributed by atoms with Gasteiger partial charge in [0.1, 0.15) is 0 Å². The van der Waals surface area contributed by atoms with Crippen LogP contribution in [0.1, 0.15) is 68.6 Å². The smallest absolute Gasteiger partial charge is 0.200 e. The number of carbonyl (C=O) groups is 1. The van der Waals surface area contributed by atoms with Crippen LogP contribution in [0.15, 0.2) is 40.9 Å². The molecule has 0 N–H and O–H groups in total. The van der Waals surface area contributed by atoms with E-state index in [1.807, 2.05) is 25.1 Å². The monoisotopic (exact) mass is 494 g/mol. The molecule has 0 aliphatic rings. The standard InChI is InChI=1S/C24H32BrClO2Si/c1-15(2)29(16(3)4,17(5)6)28-14-19-9-8-18(7)22(12-19)24(27)21-11-10-20(25)13-23(21)26/h8-13,15-17H,14H2,1-7H3. The lowest BCUT2D eigenvalue weighted by Gasteiger charge is -2.42. The molecule has 29 heavy (non-hydrogen) atoms. The molecule has 0 bridgehead atoms. The summed E-state index contributed by atoms with van der Waals surface area (Å²) in [6.45, 7) is 16.2. The summed E-state index contributed by atoms with van der Waals surface area (Å²) in [5.74, 6) is -0.0538. The molecule has 2 nitrogen and oxygen atoms in total. The number of benzene rings is 2. The fraction of sp³-hybridized carbons (Fsp3) is 0.458. The topological polar surface area (TPSA) is 26.3 Å². The molecule has 0 spiro atoms. The molecule has 0 fully saturated rings. The zero-order chi connectivity index (χ0) is 21.9. The van der Waals surface area contributed by atoms with Crippen LogP contribution >= 0.6 is 27.5 Å². The predicted molar refractivity (Wildman–Crippen MR) is 130 cm³/mol. The van der Waals surface area contributed by atoms with Gasteiger partial charge in [-0.15, -0.1) is 0 Å². The Bertz CT molecular complexity index is 855. The summed E-state index contributed by atoms with van der Waals surface area (Å²) in [5.41, 5.74) is 4.75. The van der Waals surface area contributed by atoms with Crippen LogP contribution in [-0.4, -0.2) is 14.1 Å². The summed E-state index contributed by atoms with van der Waals surface area (Å²) >= 11 is 9.72. The van der Waals surface area contributed by atoms with Crippen LogP contribution in [0.5, 0.6) is 0 Å². The highest BCUT2D eigenvalue weighted by Gasteiger charge is 2.44. The fourth-order valence-corrected chi connectivity index (χ4v) is 10.7. The summed E-state index contributed by atoms with van der Waals surface area (Å²) in [5, 5.41) is 0.455. The first-order valence-electron chi connectivity index (χ1n) is 10.2. The van der Waals surface area contributed by atoms with E-state index in [1.165, 1.54) is 0 Å². The van der Waals surface area contributed by atoms with Crippen molar-refractivity contribution < 1.29 is 9.22 Å². The molecule has 0 amide bonds. The third-order valence-electron chi connectivity index (χ3n) is 5.92. The van der Waals surface area contributed by atoms with E-state index in [9.17, 15) is 4.79 Å². The Balaban J connectivity index is 2.34. The molecule has 2 aromatic carbocycles. The predicted octanol–water partition coefficient (Wildman–Crippen LogP) is 8.33. The maximum atomic E-state index is 13.1. The minimum atomic E-state index is -1.96. The highest BCUT2D eigenvalue weighted by atomic mass is 79.9. The lowest BCUT2D eigenvalue weighted by molar-refractivity contribution is 0.103. The van der Waals surface area contributed by atoms with E-state index in [2.05, 4.69) is 63.5 Å². The maximum absolute atomic E-state index is 13.1. The van der Waals surface area contributed by atoms with Crippen molar-refractivity contribution in [2.75, 3.05) is 0 Å². The average Bonchev–Trinajstić information content (AvgIpc) is 2.62. The van der Waals surface area contributed by atoms with Crippen LogP contribution < -0.4 is 0 Å². The van der Waals surface area contributed by atoms with Gasteiger partial charge < -0.3 is 4.43 Å². The normalized spacial score (nSPS) is 12.3. The number of ketones is 1. The molecule has 158 valence electrons. The van der Waals surface area contributed by atoms with Crippen LogP contribution in [0.25, 0.3) is 0 Å². The molecule has 5 heteroatoms. The number of halogens is 2. The Morgan fingerprint density at radius 1 is 0.966 bits per heavy atom. The van der Waals surface area contributed by atoms with Crippen molar-refractivity contribution in [3.8, 4) is 0 Å². The van der Waals surface area contributed by atoms with Crippen molar-refractivity contribution in [1.82, 2.24) is 0 Å². The van der Waals surface area contributed by atoms with Crippen LogP contribution in [0.3, 0.4) is 0 Å². The first-order chi connectivity index (χ1) is 13.5. The maximum Gasteiger partial charge on any atom is 0.200 e. The van der Waals surface area contributed by atoms with Crippen LogP contribution in [0.4, 0.5) is 0 Å². The lowest BCUT2D eigenvalue weighted by Crippen LogP contribution is -2.47. The summed E-state index contributed by atoms with van der Waals surface area (Å²) in [6.07, 6.45) is 0. The zero-order valence-corrected chi connectivity index (χ0v) is 21.8. The molecule has 0 saturated heterocycles. The third-order valence-corrected chi connectivity index (χ3v) is 12.8. The molecule has 0 aliphatic carbocycles. The van der Waals surface area contributed by atoms with Gasteiger partial charge in [0.05, 0.1) is 11.6 Å². The number of carbonyl (C=O) groups excluding carboxylic acids is 1. The molecule has 0 radical (unpaired) electrons. The van der Waals surface area contributed by atoms with E-state index in [1.54, 1.807) is 12.1 Å². The van der Waals surface area contributed by atoms with Gasteiger partial charge in [-0.2, -0.15) is 0 Å². The van der Waals surface area contributed by atoms with Gasteiger partial charge in [0.2, 0.25) is 8.32 Å². The van der Waals surface area contributed by atoms with E-state index >= 15 is 0 Å². The minimum absolute atomic E-state index is 0.0538. The molecule has 2 rings (SSSR count). The molecule has 0 heterocycles. The molecule has 0 unspecified atom stereocenters. The third kappa shape index (κ3) is 5.22. The first-order valence-corrected chi connectivity index (χ1v) is 13.5. The van der Waals surface area contributed by atoms with E-state index < -0.39 is 8.32 Å². The van der Waals surface area contributed by atoms with Gasteiger partial charge in [-0.25, -0.2) is 0 Å². The minimum Gasteiger partial charge on any atom is -0.412 e. The highest BCUT2D eigenvalue weighted by Crippen LogP contribution is 2.42. The Morgan fingerprint density at radius 2 is 1.55 bits per heavy atom. The van der Waals surface area contributed by atoms with Crippen LogP contribution in [-0.2, 0) is 11.0 Å². The second-order valence-electron chi connectivity index (χ2n) is 8.71. The van der Waals surface area contributed by atoms with Crippen molar-refractivity contribution in [1.29, 1.82) is 0 Å². The highest BCUT2D eigenvalue weighted by molar-refractivity contribution is 9.10. The van der Waals surface area contributed by atoms with Gasteiger partial charge in [-0.3, -0.25) is 4.79 Å². The first kappa shape index (κ1) is 24.3. The molecule has 0 saturated carbocycles. The molecular formula is C24H32BrClO2Si. The second kappa shape index (κ2) is 9.91. The van der Waals surface area contributed by atoms with E-state index in [0.29, 0.717) is 39.4 Å². The van der Waals surface area contributed by atoms with Gasteiger partial charge in [-0.1, -0.05) is 81.2 Å². The number of rotatable bonds is 8. The van der Waals surface area contributed by atoms with Crippen LogP contribution in [0.2, 0.25) is 21.6 Å². The van der Waals surface area contributed by atoms with Crippen molar-refractivity contribution >= 4 is 41.6 Å². The molecule has 0 aromatic heterocycles. The molecular weight excluding hydrogens is 464 g/mol. The van der Waals surface area contributed by atoms with Crippen molar-refractivity contribution in [3.05, 3.63) is 68.1 Å². The number of hydrogen-bond donors (Lipinski definition) is 0. The number of aryl methyl sites for hydroxylation is 1. The van der Waals surface area contributed by atoms with E-state index in [-0.39, 0.29) is 5.78 Å². The summed E-state index contributed by atoms with van der Waals surface area (Å²) in [7, 11) is -1.96. The summed E-state index contributed by atoms with van der Waals surface area (Å²) < 4.78 is 7.57. The Hall–Kier alpha value is -0.943. The van der Waals surface area contributed by atoms with Gasteiger partial charge in [0.15, 0.2) is 5.78 Å². The van der Waals surface area contributed by atoms with Gasteiger partial charge in [-0.05, 0) is 58.9 Å². The van der Waals surface area contributed by atoms with Crippen molar-refractivity contribution in [2.45, 2.75) is 71.7 Å². The summed E-state index contributed by atoms with van der Waals surface area (Å²) in [6, 6.07) is 11.4. The van der Waals surface area contributed by atoms with Gasteiger partial charge in [0, 0.05) is 15.6 Å². The van der Waals surface area contributed by atoms with Gasteiger partial charge in [0.25, 0.3) is 0 Å². The Morgan fingerprint density at radius 3 is 2.07 bits per heavy atom. The van der Waals surface area contributed by atoms with Gasteiger partial charge >= 0.3 is 0 Å². The Kier molecular flexibility index (Phi) is 8.31. The van der Waals surface area contributed by atoms with Crippen molar-refractivity contribution in [2.24, 2.45) is 0 Å². The van der Waals surface area contributed by atoms with E-state index in [4.69, 9.17) is 16.0 Å². The largest absolute Gasteiger partial charge is 0.412 e. The zero-order valence-electron chi connectivity index (χ0n) is 18.5. The SMILES string of the molecule is Cc1ccc(CO[Si](C(C)C)(C(C)C)C(C)C)cc1C(=O)c1ccc(Br)cc1Cl. The molecule has 0 aliphatic heterocycles. The molecule has 2 aromatic rings.